The predicted octanol–water partition coefficient (Wildman–Crippen LogP) is 2.49. The van der Waals surface area contributed by atoms with E-state index in [2.05, 4.69) is 4.98 Å². The van der Waals surface area contributed by atoms with Crippen LogP contribution in [0.2, 0.25) is 0 Å². The van der Waals surface area contributed by atoms with Crippen molar-refractivity contribution in [2.45, 2.75) is 13.8 Å². The molecule has 12 heavy (non-hydrogen) atoms. The lowest BCUT2D eigenvalue weighted by Crippen LogP contribution is -1.74. The van der Waals surface area contributed by atoms with Gasteiger partial charge in [0.15, 0.2) is 0 Å². The first kappa shape index (κ1) is 7.22. The fraction of sp³-hybridized carbons (Fsp3) is 0.200. The molecule has 2 aromatic rings. The lowest BCUT2D eigenvalue weighted by Gasteiger charge is -1.97. The van der Waals surface area contributed by atoms with E-state index in [1.165, 1.54) is 0 Å². The van der Waals surface area contributed by atoms with Crippen molar-refractivity contribution in [2.24, 2.45) is 0 Å². The van der Waals surface area contributed by atoms with Gasteiger partial charge in [-0.25, -0.2) is 0 Å². The maximum atomic E-state index is 9.41. The molecule has 0 bridgehead atoms. The van der Waals surface area contributed by atoms with Crippen LogP contribution in [0.15, 0.2) is 18.2 Å². The number of aryl methyl sites for hydroxylation is 2. The van der Waals surface area contributed by atoms with Crippen LogP contribution < -0.4 is 0 Å². The van der Waals surface area contributed by atoms with Crippen LogP contribution in [-0.2, 0) is 0 Å². The van der Waals surface area contributed by atoms with Gasteiger partial charge in [0, 0.05) is 16.6 Å². The van der Waals surface area contributed by atoms with Crippen molar-refractivity contribution in [3.63, 3.8) is 0 Å². The third-order valence-electron chi connectivity index (χ3n) is 2.07. The minimum Gasteiger partial charge on any atom is -0.508 e. The van der Waals surface area contributed by atoms with Gasteiger partial charge in [-0.3, -0.25) is 0 Å². The maximum Gasteiger partial charge on any atom is 0.119 e. The molecule has 1 aromatic carbocycles. The minimum absolute atomic E-state index is 0.363. The molecule has 0 spiro atoms. The van der Waals surface area contributed by atoms with Crippen LogP contribution in [0.1, 0.15) is 11.3 Å². The Balaban J connectivity index is 2.83. The summed E-state index contributed by atoms with van der Waals surface area (Å²) in [5, 5.41) is 10.5. The number of aromatic hydroxyl groups is 1. The van der Waals surface area contributed by atoms with Gasteiger partial charge >= 0.3 is 0 Å². The van der Waals surface area contributed by atoms with Crippen molar-refractivity contribution in [3.05, 3.63) is 29.5 Å². The number of fused-ring (bicyclic) bond motifs is 1. The summed E-state index contributed by atoms with van der Waals surface area (Å²) >= 11 is 0. The number of nitrogens with one attached hydrogen (secondary N) is 1. The minimum atomic E-state index is 0.363. The summed E-state index contributed by atoms with van der Waals surface area (Å²) in [6.45, 7) is 3.90. The third-order valence-corrected chi connectivity index (χ3v) is 2.07. The Bertz CT molecular complexity index is 390. The van der Waals surface area contributed by atoms with E-state index in [9.17, 15) is 5.11 Å². The quantitative estimate of drug-likeness (QED) is 0.611. The Hall–Kier alpha value is -1.44. The SMILES string of the molecule is Cc1cc2cc(O)c(C)cc2[nH]1. The molecule has 62 valence electrons. The van der Waals surface area contributed by atoms with Gasteiger partial charge in [0.25, 0.3) is 0 Å². The maximum absolute atomic E-state index is 9.41. The van der Waals surface area contributed by atoms with E-state index in [0.717, 1.165) is 22.2 Å². The highest BCUT2D eigenvalue weighted by molar-refractivity contribution is 5.82. The summed E-state index contributed by atoms with van der Waals surface area (Å²) in [5.74, 6) is 0.363. The molecule has 1 heterocycles. The zero-order valence-corrected chi connectivity index (χ0v) is 7.18. The second-order valence-electron chi connectivity index (χ2n) is 3.18. The average molecular weight is 161 g/mol. The molecule has 0 amide bonds. The molecule has 2 N–H and O–H groups in total. The van der Waals surface area contributed by atoms with Crippen LogP contribution in [0, 0.1) is 13.8 Å². The second kappa shape index (κ2) is 2.27. The van der Waals surface area contributed by atoms with Gasteiger partial charge in [-0.05, 0) is 37.6 Å². The standard InChI is InChI=1S/C10H11NO/c1-6-3-9-8(5-10(6)12)4-7(2)11-9/h3-5,11-12H,1-2H3. The summed E-state index contributed by atoms with van der Waals surface area (Å²) in [4.78, 5) is 3.22. The highest BCUT2D eigenvalue weighted by Gasteiger charge is 2.01. The fourth-order valence-electron chi connectivity index (χ4n) is 1.42. The molecule has 2 rings (SSSR count). The highest BCUT2D eigenvalue weighted by atomic mass is 16.3. The fourth-order valence-corrected chi connectivity index (χ4v) is 1.42. The first-order chi connectivity index (χ1) is 5.66. The molecule has 0 aliphatic heterocycles. The van der Waals surface area contributed by atoms with E-state index in [1.54, 1.807) is 6.07 Å². The number of benzene rings is 1. The van der Waals surface area contributed by atoms with Crippen LogP contribution in [-0.4, -0.2) is 10.1 Å². The smallest absolute Gasteiger partial charge is 0.119 e. The van der Waals surface area contributed by atoms with Gasteiger partial charge in [-0.2, -0.15) is 0 Å². The van der Waals surface area contributed by atoms with Crippen molar-refractivity contribution in [1.29, 1.82) is 0 Å². The Morgan fingerprint density at radius 1 is 1.17 bits per heavy atom. The Morgan fingerprint density at radius 2 is 1.92 bits per heavy atom. The topological polar surface area (TPSA) is 36.0 Å². The van der Waals surface area contributed by atoms with Gasteiger partial charge in [0.05, 0.1) is 0 Å². The number of phenolic OH excluding ortho intramolecular Hbond substituents is 1. The number of hydrogen-bond acceptors (Lipinski definition) is 1. The summed E-state index contributed by atoms with van der Waals surface area (Å²) in [7, 11) is 0. The first-order valence-electron chi connectivity index (χ1n) is 3.96. The monoisotopic (exact) mass is 161 g/mol. The molecule has 0 fully saturated rings. The number of aromatic amines is 1. The van der Waals surface area contributed by atoms with Crippen molar-refractivity contribution in [3.8, 4) is 5.75 Å². The van der Waals surface area contributed by atoms with E-state index in [4.69, 9.17) is 0 Å². The Morgan fingerprint density at radius 3 is 2.67 bits per heavy atom. The third kappa shape index (κ3) is 0.961. The second-order valence-corrected chi connectivity index (χ2v) is 3.18. The number of hydrogen-bond donors (Lipinski definition) is 2. The number of phenols is 1. The molecule has 0 aliphatic carbocycles. The van der Waals surface area contributed by atoms with Crippen molar-refractivity contribution in [2.75, 3.05) is 0 Å². The van der Waals surface area contributed by atoms with Crippen molar-refractivity contribution >= 4 is 10.9 Å². The van der Waals surface area contributed by atoms with Crippen LogP contribution in [0.3, 0.4) is 0 Å². The van der Waals surface area contributed by atoms with Gasteiger partial charge < -0.3 is 10.1 Å². The van der Waals surface area contributed by atoms with Gasteiger partial charge in [0.2, 0.25) is 0 Å². The van der Waals surface area contributed by atoms with Crippen LogP contribution >= 0.6 is 0 Å². The normalized spacial score (nSPS) is 10.8. The highest BCUT2D eigenvalue weighted by Crippen LogP contribution is 2.24. The zero-order valence-electron chi connectivity index (χ0n) is 7.18. The lowest BCUT2D eigenvalue weighted by molar-refractivity contribution is 0.472. The molecule has 0 unspecified atom stereocenters. The first-order valence-corrected chi connectivity index (χ1v) is 3.96. The Labute approximate surface area is 70.8 Å². The van der Waals surface area contributed by atoms with E-state index in [1.807, 2.05) is 26.0 Å². The number of H-pyrrole nitrogens is 1. The molecular weight excluding hydrogens is 150 g/mol. The molecule has 0 radical (unpaired) electrons. The summed E-state index contributed by atoms with van der Waals surface area (Å²) in [6, 6.07) is 5.76. The predicted molar refractivity (Wildman–Crippen MR) is 49.4 cm³/mol. The van der Waals surface area contributed by atoms with E-state index in [-0.39, 0.29) is 0 Å². The molecule has 0 atom stereocenters. The van der Waals surface area contributed by atoms with Crippen LogP contribution in [0.25, 0.3) is 10.9 Å². The van der Waals surface area contributed by atoms with Crippen LogP contribution in [0.4, 0.5) is 0 Å². The van der Waals surface area contributed by atoms with Crippen LogP contribution in [0.5, 0.6) is 5.75 Å². The molecule has 1 aromatic heterocycles. The molecule has 0 saturated carbocycles. The number of rotatable bonds is 0. The molecule has 0 aliphatic rings. The molecule has 2 heteroatoms. The largest absolute Gasteiger partial charge is 0.508 e. The summed E-state index contributed by atoms with van der Waals surface area (Å²) < 4.78 is 0. The van der Waals surface area contributed by atoms with Gasteiger partial charge in [-0.15, -0.1) is 0 Å². The molecule has 2 nitrogen and oxygen atoms in total. The summed E-state index contributed by atoms with van der Waals surface area (Å²) in [5.41, 5.74) is 3.11. The van der Waals surface area contributed by atoms with E-state index >= 15 is 0 Å². The van der Waals surface area contributed by atoms with Crippen molar-refractivity contribution < 1.29 is 5.11 Å². The average Bonchev–Trinajstić information content (AvgIpc) is 2.30. The number of aromatic nitrogens is 1. The molecule has 0 saturated heterocycles. The van der Waals surface area contributed by atoms with Gasteiger partial charge in [0.1, 0.15) is 5.75 Å². The van der Waals surface area contributed by atoms with Gasteiger partial charge in [-0.1, -0.05) is 0 Å². The Kier molecular flexibility index (Phi) is 1.37. The van der Waals surface area contributed by atoms with E-state index < -0.39 is 0 Å². The summed E-state index contributed by atoms with van der Waals surface area (Å²) in [6.07, 6.45) is 0. The lowest BCUT2D eigenvalue weighted by atomic mass is 10.1. The van der Waals surface area contributed by atoms with Crippen molar-refractivity contribution in [1.82, 2.24) is 4.98 Å². The molecular formula is C10H11NO. The zero-order chi connectivity index (χ0) is 8.72. The van der Waals surface area contributed by atoms with E-state index in [0.29, 0.717) is 5.75 Å².